The van der Waals surface area contributed by atoms with Crippen LogP contribution >= 0.6 is 22.9 Å². The quantitative estimate of drug-likeness (QED) is 0.503. The van der Waals surface area contributed by atoms with Crippen LogP contribution in [-0.2, 0) is 11.3 Å². The lowest BCUT2D eigenvalue weighted by Gasteiger charge is -2.08. The van der Waals surface area contributed by atoms with Crippen molar-refractivity contribution in [1.29, 1.82) is 0 Å². The molecule has 0 saturated carbocycles. The van der Waals surface area contributed by atoms with Crippen LogP contribution in [0.3, 0.4) is 0 Å². The number of carbonyl (C=O) groups excluding carboxylic acids is 1. The van der Waals surface area contributed by atoms with Crippen molar-refractivity contribution >= 4 is 44.8 Å². The first-order chi connectivity index (χ1) is 12.5. The first-order valence-corrected chi connectivity index (χ1v) is 8.97. The fourth-order valence-corrected chi connectivity index (χ4v) is 3.55. The summed E-state index contributed by atoms with van der Waals surface area (Å²) in [5, 5.41) is 3.09. The lowest BCUT2D eigenvalue weighted by Crippen LogP contribution is -2.15. The normalized spacial score (nSPS) is 11.2. The number of halogens is 1. The topological polar surface area (TPSA) is 73.6 Å². The third-order valence-electron chi connectivity index (χ3n) is 3.89. The molecular weight excluding hydrogens is 374 g/mol. The lowest BCUT2D eigenvalue weighted by molar-refractivity contribution is 0.0466. The number of benzene rings is 1. The van der Waals surface area contributed by atoms with Crippen LogP contribution in [0.1, 0.15) is 21.7 Å². The molecule has 0 amide bonds. The van der Waals surface area contributed by atoms with E-state index in [2.05, 4.69) is 9.97 Å². The molecule has 8 heteroatoms. The molecule has 3 aromatic heterocycles. The van der Waals surface area contributed by atoms with Crippen LogP contribution in [-0.4, -0.2) is 20.3 Å². The van der Waals surface area contributed by atoms with Crippen LogP contribution < -0.4 is 5.56 Å². The Morgan fingerprint density at radius 2 is 2.12 bits per heavy atom. The highest BCUT2D eigenvalue weighted by Gasteiger charge is 2.14. The third kappa shape index (κ3) is 3.07. The summed E-state index contributed by atoms with van der Waals surface area (Å²) >= 11 is 7.34. The average molecular weight is 386 g/mol. The van der Waals surface area contributed by atoms with Crippen molar-refractivity contribution in [2.24, 2.45) is 0 Å². The van der Waals surface area contributed by atoms with Gasteiger partial charge in [0.1, 0.15) is 6.61 Å². The molecule has 1 aromatic carbocycles. The molecule has 0 spiro atoms. The number of esters is 1. The molecule has 0 saturated heterocycles. The Morgan fingerprint density at radius 3 is 2.96 bits per heavy atom. The summed E-state index contributed by atoms with van der Waals surface area (Å²) in [5.41, 5.74) is 1.86. The summed E-state index contributed by atoms with van der Waals surface area (Å²) in [6.45, 7) is 1.66. The van der Waals surface area contributed by atoms with Crippen LogP contribution in [0.25, 0.3) is 15.9 Å². The van der Waals surface area contributed by atoms with Gasteiger partial charge in [-0.3, -0.25) is 14.2 Å². The molecule has 4 aromatic rings. The maximum absolute atomic E-state index is 12.5. The number of carbonyl (C=O) groups is 1. The number of aryl methyl sites for hydroxylation is 1. The summed E-state index contributed by atoms with van der Waals surface area (Å²) in [6, 6.07) is 8.36. The van der Waals surface area contributed by atoms with Crippen LogP contribution in [0.4, 0.5) is 0 Å². The predicted molar refractivity (Wildman–Crippen MR) is 99.9 cm³/mol. The maximum atomic E-state index is 12.5. The Hall–Kier alpha value is -2.77. The largest absolute Gasteiger partial charge is 0.456 e. The molecule has 3 heterocycles. The first-order valence-electron chi connectivity index (χ1n) is 7.71. The van der Waals surface area contributed by atoms with E-state index in [1.165, 1.54) is 21.8 Å². The minimum absolute atomic E-state index is 0.0878. The monoisotopic (exact) mass is 385 g/mol. The van der Waals surface area contributed by atoms with Gasteiger partial charge in [-0.15, -0.1) is 11.3 Å². The zero-order chi connectivity index (χ0) is 18.3. The van der Waals surface area contributed by atoms with Gasteiger partial charge < -0.3 is 4.74 Å². The first kappa shape index (κ1) is 16.7. The van der Waals surface area contributed by atoms with Crippen LogP contribution in [0.15, 0.2) is 46.7 Å². The number of thiazole rings is 1. The van der Waals surface area contributed by atoms with E-state index >= 15 is 0 Å². The number of ether oxygens (including phenoxy) is 1. The Bertz CT molecular complexity index is 1220. The Balaban J connectivity index is 1.60. The molecule has 0 unspecified atom stereocenters. The van der Waals surface area contributed by atoms with Gasteiger partial charge in [-0.05, 0) is 31.2 Å². The number of aromatic nitrogens is 3. The van der Waals surface area contributed by atoms with Gasteiger partial charge in [-0.25, -0.2) is 9.78 Å². The molecule has 26 heavy (non-hydrogen) atoms. The second kappa shape index (κ2) is 6.51. The molecule has 4 rings (SSSR count). The van der Waals surface area contributed by atoms with Crippen molar-refractivity contribution in [3.8, 4) is 0 Å². The lowest BCUT2D eigenvalue weighted by atomic mass is 10.1. The van der Waals surface area contributed by atoms with E-state index in [4.69, 9.17) is 16.3 Å². The van der Waals surface area contributed by atoms with Crippen molar-refractivity contribution in [3.63, 3.8) is 0 Å². The highest BCUT2D eigenvalue weighted by molar-refractivity contribution is 7.15. The molecule has 6 nitrogen and oxygen atoms in total. The van der Waals surface area contributed by atoms with E-state index in [9.17, 15) is 9.59 Å². The molecular formula is C18H12ClN3O3S. The highest BCUT2D eigenvalue weighted by Crippen LogP contribution is 2.21. The van der Waals surface area contributed by atoms with E-state index < -0.39 is 5.97 Å². The smallest absolute Gasteiger partial charge is 0.340 e. The van der Waals surface area contributed by atoms with Crippen LogP contribution in [0.5, 0.6) is 0 Å². The molecule has 0 bridgehead atoms. The summed E-state index contributed by atoms with van der Waals surface area (Å²) < 4.78 is 6.78. The molecule has 0 aliphatic rings. The van der Waals surface area contributed by atoms with Crippen LogP contribution in [0, 0.1) is 6.92 Å². The SMILES string of the molecule is Cc1nc2ccc(Cl)cc2cc1C(=O)OCc1cc(=O)n2ccsc2n1. The minimum atomic E-state index is -0.523. The van der Waals surface area contributed by atoms with Crippen molar-refractivity contribution < 1.29 is 9.53 Å². The standard InChI is InChI=1S/C18H12ClN3O3S/c1-10-14(7-11-6-12(19)2-3-15(11)20-10)17(24)25-9-13-8-16(23)22-4-5-26-18(22)21-13/h2-8H,9H2,1H3. The summed E-state index contributed by atoms with van der Waals surface area (Å²) in [6.07, 6.45) is 1.65. The van der Waals surface area contributed by atoms with E-state index in [1.807, 2.05) is 0 Å². The van der Waals surface area contributed by atoms with Gasteiger partial charge in [-0.1, -0.05) is 11.6 Å². The number of pyridine rings is 1. The second-order valence-corrected chi connectivity index (χ2v) is 6.99. The summed E-state index contributed by atoms with van der Waals surface area (Å²) in [7, 11) is 0. The Kier molecular flexibility index (Phi) is 4.18. The Labute approximate surface area is 156 Å². The molecule has 0 atom stereocenters. The number of nitrogens with zero attached hydrogens (tertiary/aromatic N) is 3. The van der Waals surface area contributed by atoms with Crippen molar-refractivity contribution in [2.45, 2.75) is 13.5 Å². The van der Waals surface area contributed by atoms with Gasteiger partial charge in [0.15, 0.2) is 4.96 Å². The van der Waals surface area contributed by atoms with Gasteiger partial charge in [0, 0.05) is 28.1 Å². The van der Waals surface area contributed by atoms with Crippen molar-refractivity contribution in [2.75, 3.05) is 0 Å². The zero-order valence-corrected chi connectivity index (χ0v) is 15.2. The third-order valence-corrected chi connectivity index (χ3v) is 4.89. The van der Waals surface area contributed by atoms with Gasteiger partial charge in [0.2, 0.25) is 0 Å². The van der Waals surface area contributed by atoms with Crippen molar-refractivity contribution in [3.05, 3.63) is 74.2 Å². The zero-order valence-electron chi connectivity index (χ0n) is 13.6. The summed E-state index contributed by atoms with van der Waals surface area (Å²) in [4.78, 5) is 33.7. The van der Waals surface area contributed by atoms with E-state index in [-0.39, 0.29) is 12.2 Å². The second-order valence-electron chi connectivity index (χ2n) is 5.68. The van der Waals surface area contributed by atoms with Gasteiger partial charge in [-0.2, -0.15) is 0 Å². The number of fused-ring (bicyclic) bond motifs is 2. The summed E-state index contributed by atoms with van der Waals surface area (Å²) in [5.74, 6) is -0.523. The van der Waals surface area contributed by atoms with Gasteiger partial charge in [0.05, 0.1) is 22.5 Å². The number of hydrogen-bond donors (Lipinski definition) is 0. The highest BCUT2D eigenvalue weighted by atomic mass is 35.5. The van der Waals surface area contributed by atoms with E-state index in [0.717, 1.165) is 10.9 Å². The van der Waals surface area contributed by atoms with Crippen LogP contribution in [0.2, 0.25) is 5.02 Å². The number of rotatable bonds is 3. The van der Waals surface area contributed by atoms with E-state index in [0.29, 0.717) is 26.9 Å². The fourth-order valence-electron chi connectivity index (χ4n) is 2.63. The fraction of sp³-hybridized carbons (Fsp3) is 0.111. The maximum Gasteiger partial charge on any atom is 0.340 e. The van der Waals surface area contributed by atoms with Crippen molar-refractivity contribution in [1.82, 2.24) is 14.4 Å². The number of hydrogen-bond acceptors (Lipinski definition) is 6. The molecule has 0 fully saturated rings. The minimum Gasteiger partial charge on any atom is -0.456 e. The predicted octanol–water partition coefficient (Wildman–Crippen LogP) is 3.62. The van der Waals surface area contributed by atoms with E-state index in [1.54, 1.807) is 42.8 Å². The molecule has 0 N–H and O–H groups in total. The molecule has 0 radical (unpaired) electrons. The average Bonchev–Trinajstić information content (AvgIpc) is 3.08. The Morgan fingerprint density at radius 1 is 1.27 bits per heavy atom. The molecule has 0 aliphatic carbocycles. The van der Waals surface area contributed by atoms with Gasteiger partial charge in [0.25, 0.3) is 5.56 Å². The molecule has 0 aliphatic heterocycles. The van der Waals surface area contributed by atoms with Gasteiger partial charge >= 0.3 is 5.97 Å². The molecule has 130 valence electrons.